The van der Waals surface area contributed by atoms with E-state index in [-0.39, 0.29) is 0 Å². The van der Waals surface area contributed by atoms with Crippen LogP contribution in [0.25, 0.3) is 0 Å². The smallest absolute Gasteiger partial charge is 0.0635 e. The summed E-state index contributed by atoms with van der Waals surface area (Å²) in [5.41, 5.74) is 4.11. The molecule has 1 heterocycles. The van der Waals surface area contributed by atoms with Gasteiger partial charge < -0.3 is 9.72 Å². The predicted octanol–water partition coefficient (Wildman–Crippen LogP) is 5.77. The number of nitrogens with one attached hydrogen (secondary N) is 1. The average Bonchev–Trinajstić information content (AvgIpc) is 3.16. The van der Waals surface area contributed by atoms with Crippen LogP contribution in [0.15, 0.2) is 12.3 Å². The maximum Gasteiger partial charge on any atom is 0.0635 e. The Labute approximate surface area is 159 Å². The normalized spacial score (nSPS) is 47.2. The van der Waals surface area contributed by atoms with Crippen LogP contribution in [0.4, 0.5) is 0 Å². The Morgan fingerprint density at radius 2 is 1.85 bits per heavy atom. The highest BCUT2D eigenvalue weighted by Crippen LogP contribution is 2.66. The molecule has 0 saturated heterocycles. The van der Waals surface area contributed by atoms with Gasteiger partial charge in [0.05, 0.1) is 12.2 Å². The Balaban J connectivity index is 1.43. The molecular formula is C24H37NO. The first-order valence-corrected chi connectivity index (χ1v) is 11.2. The summed E-state index contributed by atoms with van der Waals surface area (Å²) in [6.45, 7) is 9.66. The quantitative estimate of drug-likeness (QED) is 0.716. The summed E-state index contributed by atoms with van der Waals surface area (Å²) < 4.78 is 6.43. The summed E-state index contributed by atoms with van der Waals surface area (Å²) in [6.07, 6.45) is 14.1. The van der Waals surface area contributed by atoms with Gasteiger partial charge in [-0.1, -0.05) is 13.8 Å². The predicted molar refractivity (Wildman–Crippen MR) is 106 cm³/mol. The second-order valence-electron chi connectivity index (χ2n) is 10.8. The summed E-state index contributed by atoms with van der Waals surface area (Å²) in [5.74, 6) is 3.66. The summed E-state index contributed by atoms with van der Waals surface area (Å²) >= 11 is 0. The van der Waals surface area contributed by atoms with Crippen LogP contribution in [0.2, 0.25) is 0 Å². The molecule has 1 aromatic rings. The largest absolute Gasteiger partial charge is 0.375 e. The number of H-pyrrole nitrogens is 1. The van der Waals surface area contributed by atoms with Crippen molar-refractivity contribution in [2.45, 2.75) is 91.3 Å². The number of aromatic amines is 1. The van der Waals surface area contributed by atoms with Crippen molar-refractivity contribution in [3.8, 4) is 0 Å². The van der Waals surface area contributed by atoms with E-state index in [2.05, 4.69) is 44.9 Å². The SMILES string of the molecule is CC(C)O[C@H]1CC[C@H]2[C@@H]3CC[C@H]4Cc5[nH]ccc5C[C@]4(C)[C@H]3CC[C@]12C. The first kappa shape index (κ1) is 17.3. The third kappa shape index (κ3) is 2.33. The first-order chi connectivity index (χ1) is 12.4. The minimum absolute atomic E-state index is 0.368. The van der Waals surface area contributed by atoms with Crippen molar-refractivity contribution >= 4 is 0 Å². The molecule has 0 unspecified atom stereocenters. The third-order valence-electron chi connectivity index (χ3n) is 9.37. The molecule has 7 atom stereocenters. The third-order valence-corrected chi connectivity index (χ3v) is 9.37. The lowest BCUT2D eigenvalue weighted by Crippen LogP contribution is -2.55. The molecule has 4 aliphatic rings. The Kier molecular flexibility index (Phi) is 3.91. The molecular weight excluding hydrogens is 318 g/mol. The van der Waals surface area contributed by atoms with Crippen LogP contribution >= 0.6 is 0 Å². The van der Waals surface area contributed by atoms with Gasteiger partial charge in [-0.15, -0.1) is 0 Å². The lowest BCUT2D eigenvalue weighted by atomic mass is 9.45. The van der Waals surface area contributed by atoms with Crippen molar-refractivity contribution in [1.29, 1.82) is 0 Å². The summed E-state index contributed by atoms with van der Waals surface area (Å²) in [4.78, 5) is 3.53. The molecule has 0 radical (unpaired) electrons. The lowest BCUT2D eigenvalue weighted by Gasteiger charge is -2.60. The number of rotatable bonds is 2. The second-order valence-corrected chi connectivity index (χ2v) is 10.8. The highest BCUT2D eigenvalue weighted by atomic mass is 16.5. The molecule has 0 aliphatic heterocycles. The molecule has 0 aromatic carbocycles. The van der Waals surface area contributed by atoms with Gasteiger partial charge in [0, 0.05) is 11.9 Å². The molecule has 1 N–H and O–H groups in total. The number of aromatic nitrogens is 1. The van der Waals surface area contributed by atoms with Gasteiger partial charge >= 0.3 is 0 Å². The molecule has 0 amide bonds. The van der Waals surface area contributed by atoms with Crippen molar-refractivity contribution in [2.75, 3.05) is 0 Å². The standard InChI is InChI=1S/C24H37NO/c1-15(2)26-22-8-7-19-18-6-5-17-13-21-16(10-12-25-21)14-24(17,4)20(18)9-11-23(19,22)3/h10,12,15,17-20,22,25H,5-9,11,13-14H2,1-4H3/t17-,18-,19-,20-,22-,23-,24-/m0/s1. The maximum absolute atomic E-state index is 6.43. The van der Waals surface area contributed by atoms with E-state index in [4.69, 9.17) is 4.74 Å². The molecule has 1 aromatic heterocycles. The van der Waals surface area contributed by atoms with Crippen LogP contribution in [-0.2, 0) is 17.6 Å². The first-order valence-electron chi connectivity index (χ1n) is 11.2. The summed E-state index contributed by atoms with van der Waals surface area (Å²) in [5, 5.41) is 0. The number of fused-ring (bicyclic) bond motifs is 6. The number of hydrogen-bond donors (Lipinski definition) is 1. The Bertz CT molecular complexity index is 678. The van der Waals surface area contributed by atoms with Crippen molar-refractivity contribution < 1.29 is 4.74 Å². The van der Waals surface area contributed by atoms with Crippen LogP contribution in [-0.4, -0.2) is 17.2 Å². The van der Waals surface area contributed by atoms with Gasteiger partial charge in [-0.3, -0.25) is 0 Å². The Morgan fingerprint density at radius 1 is 1.04 bits per heavy atom. The van der Waals surface area contributed by atoms with Crippen LogP contribution in [0, 0.1) is 34.5 Å². The molecule has 3 saturated carbocycles. The van der Waals surface area contributed by atoms with Crippen molar-refractivity contribution in [3.05, 3.63) is 23.5 Å². The van der Waals surface area contributed by atoms with E-state index < -0.39 is 0 Å². The molecule has 0 bridgehead atoms. The van der Waals surface area contributed by atoms with Gasteiger partial charge in [0.2, 0.25) is 0 Å². The van der Waals surface area contributed by atoms with Gasteiger partial charge in [0.1, 0.15) is 0 Å². The van der Waals surface area contributed by atoms with Gasteiger partial charge in [0.15, 0.2) is 0 Å². The lowest BCUT2D eigenvalue weighted by molar-refractivity contribution is -0.131. The molecule has 0 spiro atoms. The molecule has 4 aliphatic carbocycles. The highest BCUT2D eigenvalue weighted by Gasteiger charge is 2.60. The van der Waals surface area contributed by atoms with Crippen LogP contribution in [0.5, 0.6) is 0 Å². The van der Waals surface area contributed by atoms with E-state index in [9.17, 15) is 0 Å². The van der Waals surface area contributed by atoms with Gasteiger partial charge in [-0.25, -0.2) is 0 Å². The van der Waals surface area contributed by atoms with Crippen LogP contribution in [0.1, 0.15) is 77.5 Å². The Hall–Kier alpha value is -0.760. The second kappa shape index (κ2) is 5.87. The zero-order valence-corrected chi connectivity index (χ0v) is 17.2. The van der Waals surface area contributed by atoms with E-state index in [1.54, 1.807) is 5.56 Å². The summed E-state index contributed by atoms with van der Waals surface area (Å²) in [7, 11) is 0. The van der Waals surface area contributed by atoms with Gasteiger partial charge in [-0.2, -0.15) is 0 Å². The van der Waals surface area contributed by atoms with Crippen molar-refractivity contribution in [2.24, 2.45) is 34.5 Å². The highest BCUT2D eigenvalue weighted by molar-refractivity contribution is 5.28. The number of ether oxygens (including phenoxy) is 1. The van der Waals surface area contributed by atoms with Crippen molar-refractivity contribution in [1.82, 2.24) is 4.98 Å². The van der Waals surface area contributed by atoms with E-state index >= 15 is 0 Å². The molecule has 26 heavy (non-hydrogen) atoms. The van der Waals surface area contributed by atoms with Gasteiger partial charge in [-0.05, 0) is 111 Å². The van der Waals surface area contributed by atoms with E-state index in [0.717, 1.165) is 23.7 Å². The zero-order chi connectivity index (χ0) is 18.1. The fourth-order valence-corrected chi connectivity index (χ4v) is 8.10. The topological polar surface area (TPSA) is 25.0 Å². The van der Waals surface area contributed by atoms with Crippen LogP contribution in [0.3, 0.4) is 0 Å². The molecule has 2 nitrogen and oxygen atoms in total. The zero-order valence-electron chi connectivity index (χ0n) is 17.2. The molecule has 2 heteroatoms. The maximum atomic E-state index is 6.43. The molecule has 3 fully saturated rings. The van der Waals surface area contributed by atoms with E-state index in [1.807, 2.05) is 0 Å². The summed E-state index contributed by atoms with van der Waals surface area (Å²) in [6, 6.07) is 2.36. The Morgan fingerprint density at radius 3 is 2.65 bits per heavy atom. The number of hydrogen-bond acceptors (Lipinski definition) is 1. The van der Waals surface area contributed by atoms with E-state index in [0.29, 0.717) is 23.0 Å². The molecule has 144 valence electrons. The minimum atomic E-state index is 0.368. The van der Waals surface area contributed by atoms with Crippen molar-refractivity contribution in [3.63, 3.8) is 0 Å². The molecule has 5 rings (SSSR count). The monoisotopic (exact) mass is 355 g/mol. The fraction of sp³-hybridized carbons (Fsp3) is 0.833. The van der Waals surface area contributed by atoms with Gasteiger partial charge in [0.25, 0.3) is 0 Å². The van der Waals surface area contributed by atoms with Crippen LogP contribution < -0.4 is 0 Å². The minimum Gasteiger partial charge on any atom is -0.375 e. The fourth-order valence-electron chi connectivity index (χ4n) is 8.10. The average molecular weight is 356 g/mol. The van der Waals surface area contributed by atoms with E-state index in [1.165, 1.54) is 57.1 Å².